The molecule has 1 N–H and O–H groups in total. The average molecular weight is 427 g/mol. The number of fused-ring (bicyclic) bond motifs is 6. The Balaban J connectivity index is 1.49. The van der Waals surface area contributed by atoms with Crippen LogP contribution in [0.5, 0.6) is 11.5 Å². The first-order chi connectivity index (χ1) is 15.7. The highest BCUT2D eigenvalue weighted by Crippen LogP contribution is 2.42. The van der Waals surface area contributed by atoms with Crippen LogP contribution in [0.15, 0.2) is 47.3 Å². The van der Waals surface area contributed by atoms with Gasteiger partial charge in [-0.05, 0) is 35.6 Å². The minimum atomic E-state index is -0.290. The molecule has 0 radical (unpaired) electrons. The number of hydrogen-bond donors (Lipinski definition) is 1. The molecule has 5 heterocycles. The number of benzene rings is 2. The minimum Gasteiger partial charge on any atom is -0.454 e. The van der Waals surface area contributed by atoms with E-state index in [2.05, 4.69) is 11.0 Å². The second-order valence-electron chi connectivity index (χ2n) is 8.83. The van der Waals surface area contributed by atoms with Crippen LogP contribution in [0.4, 0.5) is 0 Å². The van der Waals surface area contributed by atoms with Crippen molar-refractivity contribution >= 4 is 21.7 Å². The minimum absolute atomic E-state index is 0.0110. The van der Waals surface area contributed by atoms with E-state index in [0.29, 0.717) is 25.4 Å². The first kappa shape index (κ1) is 18.2. The molecule has 0 spiro atoms. The molecule has 0 bridgehead atoms. The lowest BCUT2D eigenvalue weighted by atomic mass is 9.99. The molecule has 1 atom stereocenters. The smallest absolute Gasteiger partial charge is 0.259 e. The third-order valence-corrected chi connectivity index (χ3v) is 6.91. The number of β-amino-alcohol motifs (C(OH)–C–C–N with tert-alkyl or cyclic N) is 1. The molecule has 0 aliphatic carbocycles. The SMILES string of the molecule is O=c1c2ccccc2cc2n1Cc1c-2nc2cc3c(cc2c1CN1CC[C@H](O)C1)OCO3. The first-order valence-corrected chi connectivity index (χ1v) is 10.9. The number of pyridine rings is 2. The van der Waals surface area contributed by atoms with Gasteiger partial charge in [0.2, 0.25) is 6.79 Å². The van der Waals surface area contributed by atoms with Crippen LogP contribution in [0.3, 0.4) is 0 Å². The summed E-state index contributed by atoms with van der Waals surface area (Å²) in [7, 11) is 0. The van der Waals surface area contributed by atoms with Gasteiger partial charge in [-0.25, -0.2) is 4.98 Å². The summed E-state index contributed by atoms with van der Waals surface area (Å²) < 4.78 is 13.1. The topological polar surface area (TPSA) is 76.8 Å². The number of likely N-dealkylation sites (tertiary alicyclic amines) is 1. The first-order valence-electron chi connectivity index (χ1n) is 10.9. The molecular formula is C25H21N3O4. The van der Waals surface area contributed by atoms with Crippen molar-refractivity contribution in [2.75, 3.05) is 19.9 Å². The molecule has 3 aliphatic rings. The van der Waals surface area contributed by atoms with Gasteiger partial charge in [-0.2, -0.15) is 0 Å². The number of aliphatic hydroxyl groups excluding tert-OH is 1. The monoisotopic (exact) mass is 427 g/mol. The number of aromatic nitrogens is 2. The van der Waals surface area contributed by atoms with E-state index in [1.165, 1.54) is 0 Å². The zero-order valence-corrected chi connectivity index (χ0v) is 17.4. The van der Waals surface area contributed by atoms with Gasteiger partial charge >= 0.3 is 0 Å². The molecule has 4 aromatic rings. The lowest BCUT2D eigenvalue weighted by molar-refractivity contribution is 0.173. The Morgan fingerprint density at radius 3 is 2.78 bits per heavy atom. The predicted octanol–water partition coefficient (Wildman–Crippen LogP) is 2.87. The summed E-state index contributed by atoms with van der Waals surface area (Å²) in [4.78, 5) is 20.6. The molecule has 160 valence electrons. The van der Waals surface area contributed by atoms with Crippen molar-refractivity contribution in [1.82, 2.24) is 14.5 Å². The highest BCUT2D eigenvalue weighted by molar-refractivity contribution is 5.92. The van der Waals surface area contributed by atoms with Crippen molar-refractivity contribution < 1.29 is 14.6 Å². The quantitative estimate of drug-likeness (QED) is 0.467. The Bertz CT molecular complexity index is 1490. The van der Waals surface area contributed by atoms with E-state index in [4.69, 9.17) is 14.5 Å². The fourth-order valence-electron chi connectivity index (χ4n) is 5.31. The van der Waals surface area contributed by atoms with E-state index in [-0.39, 0.29) is 18.5 Å². The predicted molar refractivity (Wildman–Crippen MR) is 120 cm³/mol. The number of aliphatic hydroxyl groups is 1. The zero-order valence-electron chi connectivity index (χ0n) is 17.4. The van der Waals surface area contributed by atoms with Crippen LogP contribution in [-0.4, -0.2) is 45.5 Å². The van der Waals surface area contributed by atoms with Crippen LogP contribution in [0.2, 0.25) is 0 Å². The van der Waals surface area contributed by atoms with Gasteiger partial charge < -0.3 is 19.1 Å². The average Bonchev–Trinajstić information content (AvgIpc) is 3.51. The fourth-order valence-corrected chi connectivity index (χ4v) is 5.31. The van der Waals surface area contributed by atoms with Crippen LogP contribution in [-0.2, 0) is 13.1 Å². The molecule has 7 nitrogen and oxygen atoms in total. The molecule has 7 rings (SSSR count). The fraction of sp³-hybridized carbons (Fsp3) is 0.280. The van der Waals surface area contributed by atoms with E-state index in [9.17, 15) is 9.90 Å². The largest absolute Gasteiger partial charge is 0.454 e. The van der Waals surface area contributed by atoms with Crippen molar-refractivity contribution in [1.29, 1.82) is 0 Å². The van der Waals surface area contributed by atoms with Crippen molar-refractivity contribution in [3.8, 4) is 22.9 Å². The molecule has 7 heteroatoms. The molecule has 0 saturated carbocycles. The highest BCUT2D eigenvalue weighted by Gasteiger charge is 2.30. The van der Waals surface area contributed by atoms with Gasteiger partial charge in [0, 0.05) is 42.0 Å². The van der Waals surface area contributed by atoms with Crippen molar-refractivity contribution in [3.63, 3.8) is 0 Å². The van der Waals surface area contributed by atoms with Gasteiger partial charge in [0.05, 0.1) is 29.6 Å². The van der Waals surface area contributed by atoms with Crippen molar-refractivity contribution in [2.45, 2.75) is 25.6 Å². The maximum absolute atomic E-state index is 13.3. The summed E-state index contributed by atoms with van der Waals surface area (Å²) >= 11 is 0. The Morgan fingerprint density at radius 1 is 1.09 bits per heavy atom. The van der Waals surface area contributed by atoms with Gasteiger partial charge in [0.25, 0.3) is 5.56 Å². The summed E-state index contributed by atoms with van der Waals surface area (Å²) in [5, 5.41) is 12.7. The number of hydrogen-bond acceptors (Lipinski definition) is 6. The molecule has 0 amide bonds. The molecule has 2 aromatic carbocycles. The lowest BCUT2D eigenvalue weighted by Crippen LogP contribution is -2.23. The molecule has 1 fully saturated rings. The summed E-state index contributed by atoms with van der Waals surface area (Å²) in [6, 6.07) is 13.7. The Hall–Kier alpha value is -3.42. The molecule has 3 aliphatic heterocycles. The number of nitrogens with zero attached hydrogens (tertiary/aromatic N) is 3. The Kier molecular flexibility index (Phi) is 3.72. The Labute approximate surface area is 183 Å². The molecular weight excluding hydrogens is 406 g/mol. The lowest BCUT2D eigenvalue weighted by Gasteiger charge is -2.19. The molecule has 32 heavy (non-hydrogen) atoms. The molecule has 0 unspecified atom stereocenters. The van der Waals surface area contributed by atoms with Crippen molar-refractivity contribution in [3.05, 3.63) is 63.9 Å². The normalized spacial score (nSPS) is 19.1. The van der Waals surface area contributed by atoms with E-state index in [1.807, 2.05) is 41.0 Å². The summed E-state index contributed by atoms with van der Waals surface area (Å²) in [6.07, 6.45) is 0.491. The zero-order chi connectivity index (χ0) is 21.4. The van der Waals surface area contributed by atoms with Crippen LogP contribution in [0.25, 0.3) is 33.1 Å². The van der Waals surface area contributed by atoms with Crippen LogP contribution in [0, 0.1) is 0 Å². The van der Waals surface area contributed by atoms with E-state index in [0.717, 1.165) is 62.9 Å². The van der Waals surface area contributed by atoms with Crippen molar-refractivity contribution in [2.24, 2.45) is 0 Å². The van der Waals surface area contributed by atoms with Gasteiger partial charge in [-0.15, -0.1) is 0 Å². The van der Waals surface area contributed by atoms with Gasteiger partial charge in [0.1, 0.15) is 0 Å². The molecule has 1 saturated heterocycles. The highest BCUT2D eigenvalue weighted by atomic mass is 16.7. The maximum Gasteiger partial charge on any atom is 0.259 e. The summed E-state index contributed by atoms with van der Waals surface area (Å²) in [5.74, 6) is 1.42. The van der Waals surface area contributed by atoms with Gasteiger partial charge in [-0.3, -0.25) is 9.69 Å². The second kappa shape index (κ2) is 6.54. The standard InChI is InChI=1S/C25H21N3O4/c29-15-5-6-27(10-15)11-18-17-8-22-23(32-13-31-22)9-20(17)26-24-19(18)12-28-21(24)7-14-3-1-2-4-16(14)25(28)30/h1-4,7-9,15,29H,5-6,10-13H2/t15-/m0/s1. The van der Waals surface area contributed by atoms with Crippen LogP contribution in [0.1, 0.15) is 17.5 Å². The third kappa shape index (κ3) is 2.55. The van der Waals surface area contributed by atoms with Crippen LogP contribution < -0.4 is 15.0 Å². The Morgan fingerprint density at radius 2 is 1.94 bits per heavy atom. The second-order valence-corrected chi connectivity index (χ2v) is 8.83. The van der Waals surface area contributed by atoms with E-state index >= 15 is 0 Å². The van der Waals surface area contributed by atoms with Gasteiger partial charge in [-0.1, -0.05) is 18.2 Å². The van der Waals surface area contributed by atoms with E-state index in [1.54, 1.807) is 0 Å². The van der Waals surface area contributed by atoms with E-state index < -0.39 is 0 Å². The third-order valence-electron chi connectivity index (χ3n) is 6.91. The summed E-state index contributed by atoms with van der Waals surface area (Å²) in [6.45, 7) is 2.90. The van der Waals surface area contributed by atoms with Crippen LogP contribution >= 0.6 is 0 Å². The maximum atomic E-state index is 13.3. The van der Waals surface area contributed by atoms with Gasteiger partial charge in [0.15, 0.2) is 11.5 Å². The molecule has 2 aromatic heterocycles. The number of rotatable bonds is 2. The number of ether oxygens (including phenoxy) is 2. The summed E-state index contributed by atoms with van der Waals surface area (Å²) in [5.41, 5.74) is 4.77.